The molecule has 0 bridgehead atoms. The van der Waals surface area contributed by atoms with Crippen molar-refractivity contribution in [2.24, 2.45) is 11.7 Å². The molecule has 0 heterocycles. The average Bonchev–Trinajstić information content (AvgIpc) is 2.25. The van der Waals surface area contributed by atoms with E-state index in [-0.39, 0.29) is 12.8 Å². The molecule has 0 saturated carbocycles. The lowest BCUT2D eigenvalue weighted by atomic mass is 9.92. The SMILES string of the molecule is NC(=O)CC(O)C(Cc1ccccc1)C(=O)O. The number of aliphatic carboxylic acids is 1. The van der Waals surface area contributed by atoms with Crippen LogP contribution in [-0.4, -0.2) is 28.2 Å². The minimum absolute atomic E-state index is 0.171. The van der Waals surface area contributed by atoms with Crippen molar-refractivity contribution in [1.29, 1.82) is 0 Å². The summed E-state index contributed by atoms with van der Waals surface area (Å²) in [6.07, 6.45) is -1.43. The lowest BCUT2D eigenvalue weighted by Crippen LogP contribution is -2.33. The van der Waals surface area contributed by atoms with Gasteiger partial charge in [0.25, 0.3) is 0 Å². The minimum Gasteiger partial charge on any atom is -0.481 e. The summed E-state index contributed by atoms with van der Waals surface area (Å²) in [5.41, 5.74) is 5.73. The number of hydrogen-bond donors (Lipinski definition) is 3. The highest BCUT2D eigenvalue weighted by Gasteiger charge is 2.27. The molecule has 0 fully saturated rings. The van der Waals surface area contributed by atoms with Crippen LogP contribution < -0.4 is 5.73 Å². The molecule has 1 aromatic carbocycles. The summed E-state index contributed by atoms with van der Waals surface area (Å²) < 4.78 is 0. The van der Waals surface area contributed by atoms with Crippen LogP contribution in [0.2, 0.25) is 0 Å². The van der Waals surface area contributed by atoms with Crippen molar-refractivity contribution in [1.82, 2.24) is 0 Å². The zero-order valence-corrected chi connectivity index (χ0v) is 9.24. The summed E-state index contributed by atoms with van der Waals surface area (Å²) in [5, 5.41) is 18.6. The standard InChI is InChI=1S/C12H15NO4/c13-11(15)7-10(14)9(12(16)17)6-8-4-2-1-3-5-8/h1-5,9-10,14H,6-7H2,(H2,13,15)(H,16,17). The number of rotatable bonds is 6. The Hall–Kier alpha value is -1.88. The summed E-state index contributed by atoms with van der Waals surface area (Å²) in [5.74, 6) is -2.87. The number of carboxylic acids is 1. The van der Waals surface area contributed by atoms with Gasteiger partial charge in [0.05, 0.1) is 18.4 Å². The Labute approximate surface area is 98.9 Å². The smallest absolute Gasteiger partial charge is 0.309 e. The summed E-state index contributed by atoms with van der Waals surface area (Å²) >= 11 is 0. The first-order chi connectivity index (χ1) is 8.00. The van der Waals surface area contributed by atoms with Crippen LogP contribution in [0.3, 0.4) is 0 Å². The van der Waals surface area contributed by atoms with E-state index in [0.717, 1.165) is 5.56 Å². The van der Waals surface area contributed by atoms with Gasteiger partial charge in [0, 0.05) is 0 Å². The number of aliphatic hydroxyl groups is 1. The fourth-order valence-corrected chi connectivity index (χ4v) is 1.60. The van der Waals surface area contributed by atoms with Gasteiger partial charge in [-0.1, -0.05) is 30.3 Å². The van der Waals surface area contributed by atoms with Gasteiger partial charge < -0.3 is 15.9 Å². The van der Waals surface area contributed by atoms with Crippen molar-refractivity contribution in [3.63, 3.8) is 0 Å². The lowest BCUT2D eigenvalue weighted by molar-refractivity contribution is -0.146. The number of hydrogen-bond acceptors (Lipinski definition) is 3. The second-order valence-electron chi connectivity index (χ2n) is 3.87. The molecule has 2 unspecified atom stereocenters. The van der Waals surface area contributed by atoms with E-state index in [1.165, 1.54) is 0 Å². The summed E-state index contributed by atoms with van der Waals surface area (Å²) in [4.78, 5) is 21.7. The summed E-state index contributed by atoms with van der Waals surface area (Å²) in [6, 6.07) is 8.93. The van der Waals surface area contributed by atoms with E-state index < -0.39 is 23.9 Å². The maximum atomic E-state index is 11.0. The van der Waals surface area contributed by atoms with E-state index in [2.05, 4.69) is 0 Å². The molecule has 92 valence electrons. The topological polar surface area (TPSA) is 101 Å². The lowest BCUT2D eigenvalue weighted by Gasteiger charge is -2.17. The molecule has 2 atom stereocenters. The molecule has 5 nitrogen and oxygen atoms in total. The van der Waals surface area contributed by atoms with E-state index in [0.29, 0.717) is 0 Å². The van der Waals surface area contributed by atoms with Crippen molar-refractivity contribution in [2.75, 3.05) is 0 Å². The highest BCUT2D eigenvalue weighted by Crippen LogP contribution is 2.15. The van der Waals surface area contributed by atoms with E-state index in [9.17, 15) is 14.7 Å². The zero-order chi connectivity index (χ0) is 12.8. The van der Waals surface area contributed by atoms with Gasteiger partial charge in [0.1, 0.15) is 0 Å². The third kappa shape index (κ3) is 4.24. The quantitative estimate of drug-likeness (QED) is 0.656. The summed E-state index contributed by atoms with van der Waals surface area (Å²) in [7, 11) is 0. The number of carbonyl (C=O) groups excluding carboxylic acids is 1. The van der Waals surface area contributed by atoms with Crippen LogP contribution in [0.25, 0.3) is 0 Å². The molecule has 0 saturated heterocycles. The largest absolute Gasteiger partial charge is 0.481 e. The third-order valence-electron chi connectivity index (χ3n) is 2.49. The molecule has 0 aromatic heterocycles. The number of amides is 1. The van der Waals surface area contributed by atoms with Gasteiger partial charge in [-0.2, -0.15) is 0 Å². The highest BCUT2D eigenvalue weighted by atomic mass is 16.4. The van der Waals surface area contributed by atoms with Gasteiger partial charge in [-0.3, -0.25) is 9.59 Å². The Bertz CT molecular complexity index is 391. The Morgan fingerprint density at radius 1 is 1.24 bits per heavy atom. The Kier molecular flexibility index (Phi) is 4.66. The predicted octanol–water partition coefficient (Wildman–Crippen LogP) is 0.166. The highest BCUT2D eigenvalue weighted by molar-refractivity contribution is 5.77. The monoisotopic (exact) mass is 237 g/mol. The maximum Gasteiger partial charge on any atom is 0.309 e. The van der Waals surface area contributed by atoms with Crippen LogP contribution in [0.15, 0.2) is 30.3 Å². The van der Waals surface area contributed by atoms with Crippen LogP contribution in [0.1, 0.15) is 12.0 Å². The van der Waals surface area contributed by atoms with E-state index >= 15 is 0 Å². The van der Waals surface area contributed by atoms with Gasteiger partial charge in [-0.15, -0.1) is 0 Å². The Balaban J connectivity index is 2.73. The second-order valence-corrected chi connectivity index (χ2v) is 3.87. The van der Waals surface area contributed by atoms with Gasteiger partial charge >= 0.3 is 5.97 Å². The van der Waals surface area contributed by atoms with Crippen molar-refractivity contribution in [2.45, 2.75) is 18.9 Å². The fraction of sp³-hybridized carbons (Fsp3) is 0.333. The van der Waals surface area contributed by atoms with Crippen molar-refractivity contribution >= 4 is 11.9 Å². The first kappa shape index (κ1) is 13.2. The van der Waals surface area contributed by atoms with Crippen LogP contribution in [0.5, 0.6) is 0 Å². The van der Waals surface area contributed by atoms with Gasteiger partial charge in [-0.25, -0.2) is 0 Å². The number of primary amides is 1. The molecule has 1 amide bonds. The molecule has 0 spiro atoms. The number of nitrogens with two attached hydrogens (primary N) is 1. The molecule has 5 heteroatoms. The molecule has 0 radical (unpaired) electrons. The molecule has 0 aliphatic heterocycles. The molecule has 4 N–H and O–H groups in total. The van der Waals surface area contributed by atoms with Gasteiger partial charge in [0.15, 0.2) is 0 Å². The maximum absolute atomic E-state index is 11.0. The molecule has 0 aliphatic rings. The van der Waals surface area contributed by atoms with Crippen LogP contribution >= 0.6 is 0 Å². The number of benzene rings is 1. The summed E-state index contributed by atoms with van der Waals surface area (Å²) in [6.45, 7) is 0. The Morgan fingerprint density at radius 2 is 1.82 bits per heavy atom. The Morgan fingerprint density at radius 3 is 2.29 bits per heavy atom. The molecule has 0 aliphatic carbocycles. The zero-order valence-electron chi connectivity index (χ0n) is 9.24. The number of aliphatic hydroxyl groups excluding tert-OH is 1. The van der Waals surface area contributed by atoms with Crippen molar-refractivity contribution in [3.8, 4) is 0 Å². The van der Waals surface area contributed by atoms with Crippen LogP contribution in [0, 0.1) is 5.92 Å². The first-order valence-electron chi connectivity index (χ1n) is 5.24. The molecule has 17 heavy (non-hydrogen) atoms. The second kappa shape index (κ2) is 6.00. The minimum atomic E-state index is -1.26. The molecular weight excluding hydrogens is 222 g/mol. The average molecular weight is 237 g/mol. The van der Waals surface area contributed by atoms with Crippen molar-refractivity contribution < 1.29 is 19.8 Å². The normalized spacial score (nSPS) is 13.9. The van der Waals surface area contributed by atoms with Gasteiger partial charge in [0.2, 0.25) is 5.91 Å². The fourth-order valence-electron chi connectivity index (χ4n) is 1.60. The first-order valence-corrected chi connectivity index (χ1v) is 5.24. The van der Waals surface area contributed by atoms with Crippen molar-refractivity contribution in [3.05, 3.63) is 35.9 Å². The van der Waals surface area contributed by atoms with Crippen LogP contribution in [0.4, 0.5) is 0 Å². The third-order valence-corrected chi connectivity index (χ3v) is 2.49. The number of carbonyl (C=O) groups is 2. The molecule has 1 rings (SSSR count). The molecular formula is C12H15NO4. The predicted molar refractivity (Wildman–Crippen MR) is 61.1 cm³/mol. The van der Waals surface area contributed by atoms with E-state index in [4.69, 9.17) is 10.8 Å². The molecule has 1 aromatic rings. The van der Waals surface area contributed by atoms with Crippen LogP contribution in [-0.2, 0) is 16.0 Å². The number of carboxylic acid groups (broad SMARTS) is 1. The van der Waals surface area contributed by atoms with Gasteiger partial charge in [-0.05, 0) is 12.0 Å². The van der Waals surface area contributed by atoms with E-state index in [1.54, 1.807) is 24.3 Å². The van der Waals surface area contributed by atoms with E-state index in [1.807, 2.05) is 6.07 Å².